The standard InChI is InChI=1S/C12H23N3O2S2/c1-4-12(5-2,18-3)9-15-19(16,17)11-6-10(7-13)14-8-11/h6,8,14-15H,4-5,7,9,13H2,1-3H3. The van der Waals surface area contributed by atoms with Crippen molar-refractivity contribution in [2.24, 2.45) is 5.73 Å². The summed E-state index contributed by atoms with van der Waals surface area (Å²) in [4.78, 5) is 3.10. The fraction of sp³-hybridized carbons (Fsp3) is 0.667. The van der Waals surface area contributed by atoms with Gasteiger partial charge in [0.25, 0.3) is 0 Å². The molecular formula is C12H23N3O2S2. The van der Waals surface area contributed by atoms with Gasteiger partial charge in [0, 0.05) is 29.7 Å². The summed E-state index contributed by atoms with van der Waals surface area (Å²) in [6.07, 6.45) is 5.34. The summed E-state index contributed by atoms with van der Waals surface area (Å²) in [6.45, 7) is 4.90. The van der Waals surface area contributed by atoms with Crippen molar-refractivity contribution in [2.75, 3.05) is 12.8 Å². The number of thioether (sulfide) groups is 1. The van der Waals surface area contributed by atoms with Crippen LogP contribution in [0, 0.1) is 0 Å². The maximum atomic E-state index is 12.2. The highest BCUT2D eigenvalue weighted by molar-refractivity contribution is 8.00. The minimum atomic E-state index is -3.46. The average Bonchev–Trinajstić information content (AvgIpc) is 2.90. The zero-order chi connectivity index (χ0) is 14.5. The fourth-order valence-corrected chi connectivity index (χ4v) is 3.89. The topological polar surface area (TPSA) is 88.0 Å². The second kappa shape index (κ2) is 6.78. The van der Waals surface area contributed by atoms with Crippen LogP contribution in [0.2, 0.25) is 0 Å². The molecular weight excluding hydrogens is 282 g/mol. The Labute approximate surface area is 119 Å². The third kappa shape index (κ3) is 3.98. The number of hydrogen-bond donors (Lipinski definition) is 3. The summed E-state index contributed by atoms with van der Waals surface area (Å²) in [6, 6.07) is 1.57. The van der Waals surface area contributed by atoms with Crippen molar-refractivity contribution in [1.29, 1.82) is 0 Å². The molecule has 0 spiro atoms. The van der Waals surface area contributed by atoms with Crippen LogP contribution >= 0.6 is 11.8 Å². The van der Waals surface area contributed by atoms with E-state index in [-0.39, 0.29) is 9.64 Å². The first-order chi connectivity index (χ1) is 8.93. The fourth-order valence-electron chi connectivity index (χ4n) is 1.86. The van der Waals surface area contributed by atoms with Gasteiger partial charge >= 0.3 is 0 Å². The molecule has 0 aliphatic heterocycles. The monoisotopic (exact) mass is 305 g/mol. The van der Waals surface area contributed by atoms with E-state index < -0.39 is 10.0 Å². The van der Waals surface area contributed by atoms with Crippen LogP contribution in [0.3, 0.4) is 0 Å². The van der Waals surface area contributed by atoms with Gasteiger partial charge in [-0.2, -0.15) is 11.8 Å². The molecule has 1 aromatic rings. The van der Waals surface area contributed by atoms with Gasteiger partial charge in [0.05, 0.1) is 4.90 Å². The molecule has 0 bridgehead atoms. The Morgan fingerprint density at radius 3 is 2.47 bits per heavy atom. The number of H-pyrrole nitrogens is 1. The molecule has 0 unspecified atom stereocenters. The molecule has 0 saturated carbocycles. The molecule has 7 heteroatoms. The van der Waals surface area contributed by atoms with E-state index in [4.69, 9.17) is 5.73 Å². The molecule has 5 nitrogen and oxygen atoms in total. The van der Waals surface area contributed by atoms with Gasteiger partial charge in [-0.25, -0.2) is 13.1 Å². The van der Waals surface area contributed by atoms with E-state index in [1.807, 2.05) is 6.26 Å². The van der Waals surface area contributed by atoms with Gasteiger partial charge in [0.2, 0.25) is 10.0 Å². The van der Waals surface area contributed by atoms with Crippen molar-refractivity contribution < 1.29 is 8.42 Å². The smallest absolute Gasteiger partial charge is 0.242 e. The van der Waals surface area contributed by atoms with Crippen molar-refractivity contribution in [3.63, 3.8) is 0 Å². The summed E-state index contributed by atoms with van der Waals surface area (Å²) in [7, 11) is -3.46. The SMILES string of the molecule is CCC(CC)(CNS(=O)(=O)c1c[nH]c(CN)c1)SC. The predicted molar refractivity (Wildman–Crippen MR) is 80.7 cm³/mol. The van der Waals surface area contributed by atoms with Crippen LogP contribution in [-0.4, -0.2) is 30.9 Å². The van der Waals surface area contributed by atoms with E-state index in [1.54, 1.807) is 17.8 Å². The molecule has 0 radical (unpaired) electrons. The first-order valence-electron chi connectivity index (χ1n) is 6.35. The Bertz CT molecular complexity index is 485. The van der Waals surface area contributed by atoms with Crippen LogP contribution in [-0.2, 0) is 16.6 Å². The van der Waals surface area contributed by atoms with Crippen molar-refractivity contribution in [1.82, 2.24) is 9.71 Å². The third-order valence-electron chi connectivity index (χ3n) is 3.55. The minimum absolute atomic E-state index is 0.0416. The highest BCUT2D eigenvalue weighted by Gasteiger charge is 2.27. The van der Waals surface area contributed by atoms with E-state index >= 15 is 0 Å². The number of rotatable bonds is 8. The summed E-state index contributed by atoms with van der Waals surface area (Å²) < 4.78 is 27.0. The highest BCUT2D eigenvalue weighted by Crippen LogP contribution is 2.30. The highest BCUT2D eigenvalue weighted by atomic mass is 32.2. The van der Waals surface area contributed by atoms with Gasteiger partial charge < -0.3 is 10.7 Å². The molecule has 110 valence electrons. The van der Waals surface area contributed by atoms with E-state index in [9.17, 15) is 8.42 Å². The number of aromatic amines is 1. The first-order valence-corrected chi connectivity index (χ1v) is 9.06. The Kier molecular flexibility index (Phi) is 5.91. The third-order valence-corrected chi connectivity index (χ3v) is 6.52. The molecule has 0 aliphatic carbocycles. The van der Waals surface area contributed by atoms with Crippen LogP contribution in [0.15, 0.2) is 17.2 Å². The second-order valence-electron chi connectivity index (χ2n) is 4.48. The lowest BCUT2D eigenvalue weighted by Gasteiger charge is -2.29. The van der Waals surface area contributed by atoms with Crippen LogP contribution in [0.5, 0.6) is 0 Å². The molecule has 1 heterocycles. The number of hydrogen-bond acceptors (Lipinski definition) is 4. The van der Waals surface area contributed by atoms with Crippen molar-refractivity contribution in [3.8, 4) is 0 Å². The summed E-state index contributed by atoms with van der Waals surface area (Å²) in [5.74, 6) is 0. The van der Waals surface area contributed by atoms with Gasteiger partial charge in [-0.15, -0.1) is 0 Å². The number of sulfonamides is 1. The molecule has 1 rings (SSSR count). The molecule has 0 fully saturated rings. The number of nitrogens with two attached hydrogens (primary N) is 1. The summed E-state index contributed by atoms with van der Waals surface area (Å²) >= 11 is 1.71. The Morgan fingerprint density at radius 2 is 2.05 bits per heavy atom. The second-order valence-corrected chi connectivity index (χ2v) is 7.52. The van der Waals surface area contributed by atoms with Crippen LogP contribution in [0.25, 0.3) is 0 Å². The number of aromatic nitrogens is 1. The van der Waals surface area contributed by atoms with E-state index in [1.165, 1.54) is 6.20 Å². The molecule has 0 atom stereocenters. The zero-order valence-corrected chi connectivity index (χ0v) is 13.3. The zero-order valence-electron chi connectivity index (χ0n) is 11.7. The summed E-state index contributed by atoms with van der Waals surface area (Å²) in [5, 5.41) is 0. The van der Waals surface area contributed by atoms with Gasteiger partial charge in [-0.05, 0) is 25.2 Å². The van der Waals surface area contributed by atoms with E-state index in [2.05, 4.69) is 23.6 Å². The van der Waals surface area contributed by atoms with E-state index in [0.717, 1.165) is 12.8 Å². The predicted octanol–water partition coefficient (Wildman–Crippen LogP) is 1.67. The van der Waals surface area contributed by atoms with Crippen molar-refractivity contribution >= 4 is 21.8 Å². The minimum Gasteiger partial charge on any atom is -0.363 e. The maximum absolute atomic E-state index is 12.2. The molecule has 0 saturated heterocycles. The largest absolute Gasteiger partial charge is 0.363 e. The van der Waals surface area contributed by atoms with Gasteiger partial charge in [-0.1, -0.05) is 13.8 Å². The maximum Gasteiger partial charge on any atom is 0.242 e. The quantitative estimate of drug-likeness (QED) is 0.682. The lowest BCUT2D eigenvalue weighted by Crippen LogP contribution is -2.39. The van der Waals surface area contributed by atoms with Gasteiger partial charge in [0.15, 0.2) is 0 Å². The van der Waals surface area contributed by atoms with Crippen molar-refractivity contribution in [2.45, 2.75) is 42.9 Å². The first kappa shape index (κ1) is 16.6. The molecule has 4 N–H and O–H groups in total. The number of nitrogens with one attached hydrogen (secondary N) is 2. The van der Waals surface area contributed by atoms with E-state index in [0.29, 0.717) is 18.8 Å². The average molecular weight is 305 g/mol. The summed E-state index contributed by atoms with van der Waals surface area (Å²) in [5.41, 5.74) is 6.18. The van der Waals surface area contributed by atoms with Crippen LogP contribution in [0.1, 0.15) is 32.4 Å². The Hall–Kier alpha value is -0.500. The normalized spacial score (nSPS) is 12.8. The Morgan fingerprint density at radius 1 is 1.42 bits per heavy atom. The molecule has 0 amide bonds. The Balaban J connectivity index is 2.80. The molecule has 0 aromatic carbocycles. The lowest BCUT2D eigenvalue weighted by molar-refractivity contribution is 0.522. The van der Waals surface area contributed by atoms with Gasteiger partial charge in [-0.3, -0.25) is 0 Å². The van der Waals surface area contributed by atoms with Crippen LogP contribution < -0.4 is 10.5 Å². The van der Waals surface area contributed by atoms with Gasteiger partial charge in [0.1, 0.15) is 0 Å². The molecule has 0 aliphatic rings. The molecule has 19 heavy (non-hydrogen) atoms. The van der Waals surface area contributed by atoms with Crippen LogP contribution in [0.4, 0.5) is 0 Å². The lowest BCUT2D eigenvalue weighted by atomic mass is 10.0. The van der Waals surface area contributed by atoms with Crippen molar-refractivity contribution in [3.05, 3.63) is 18.0 Å². The molecule has 1 aromatic heterocycles.